The number of carbonyl (C=O) groups is 2. The number of carbonyl (C=O) groups excluding carboxylic acids is 1. The van der Waals surface area contributed by atoms with Gasteiger partial charge in [0, 0.05) is 25.0 Å². The molecule has 0 saturated carbocycles. The van der Waals surface area contributed by atoms with E-state index in [0.717, 1.165) is 31.8 Å². The van der Waals surface area contributed by atoms with E-state index in [4.69, 9.17) is 5.11 Å². The van der Waals surface area contributed by atoms with E-state index in [1.165, 1.54) is 19.3 Å². The van der Waals surface area contributed by atoms with Gasteiger partial charge in [-0.2, -0.15) is 0 Å². The lowest BCUT2D eigenvalue weighted by molar-refractivity contribution is -0.137. The number of hydrogen-bond donors (Lipinski definition) is 2. The predicted molar refractivity (Wildman–Crippen MR) is 83.3 cm³/mol. The van der Waals surface area contributed by atoms with Crippen LogP contribution in [0.25, 0.3) is 0 Å². The Morgan fingerprint density at radius 1 is 1.29 bits per heavy atom. The van der Waals surface area contributed by atoms with Gasteiger partial charge >= 0.3 is 12.0 Å². The highest BCUT2D eigenvalue weighted by molar-refractivity contribution is 5.75. The Morgan fingerprint density at radius 2 is 2.00 bits per heavy atom. The Morgan fingerprint density at radius 3 is 2.62 bits per heavy atom. The summed E-state index contributed by atoms with van der Waals surface area (Å²) in [5, 5.41) is 11.7. The molecule has 0 aromatic carbocycles. The summed E-state index contributed by atoms with van der Waals surface area (Å²) >= 11 is 0. The van der Waals surface area contributed by atoms with Gasteiger partial charge in [0.1, 0.15) is 0 Å². The molecular formula is C16H30N2O3. The van der Waals surface area contributed by atoms with Crippen molar-refractivity contribution in [1.82, 2.24) is 10.2 Å². The number of likely N-dealkylation sites (tertiary alicyclic amines) is 1. The van der Waals surface area contributed by atoms with Crippen LogP contribution in [0.3, 0.4) is 0 Å². The zero-order valence-electron chi connectivity index (χ0n) is 13.7. The second-order valence-corrected chi connectivity index (χ2v) is 6.78. The molecule has 1 saturated heterocycles. The number of aliphatic carboxylic acids is 1. The van der Waals surface area contributed by atoms with Crippen molar-refractivity contribution in [3.05, 3.63) is 0 Å². The molecule has 2 N–H and O–H groups in total. The minimum atomic E-state index is -0.825. The van der Waals surface area contributed by atoms with Crippen LogP contribution in [0, 0.1) is 5.92 Å². The van der Waals surface area contributed by atoms with Crippen LogP contribution in [0.5, 0.6) is 0 Å². The van der Waals surface area contributed by atoms with Gasteiger partial charge in [0.2, 0.25) is 0 Å². The van der Waals surface area contributed by atoms with Crippen LogP contribution in [0.15, 0.2) is 0 Å². The van der Waals surface area contributed by atoms with Crippen molar-refractivity contribution < 1.29 is 14.7 Å². The molecule has 5 heteroatoms. The maximum Gasteiger partial charge on any atom is 0.317 e. The molecule has 1 unspecified atom stereocenters. The lowest BCUT2D eigenvalue weighted by Gasteiger charge is -2.30. The van der Waals surface area contributed by atoms with E-state index in [0.29, 0.717) is 6.42 Å². The van der Waals surface area contributed by atoms with Crippen LogP contribution < -0.4 is 5.32 Å². The fraction of sp³-hybridized carbons (Fsp3) is 0.875. The average molecular weight is 298 g/mol. The van der Waals surface area contributed by atoms with E-state index in [1.807, 2.05) is 18.7 Å². The maximum atomic E-state index is 12.3. The third kappa shape index (κ3) is 6.82. The van der Waals surface area contributed by atoms with Crippen LogP contribution in [0.1, 0.15) is 65.7 Å². The van der Waals surface area contributed by atoms with Crippen molar-refractivity contribution in [2.75, 3.05) is 13.1 Å². The Labute approximate surface area is 128 Å². The highest BCUT2D eigenvalue weighted by Crippen LogP contribution is 2.22. The Hall–Kier alpha value is -1.26. The van der Waals surface area contributed by atoms with Crippen LogP contribution >= 0.6 is 0 Å². The van der Waals surface area contributed by atoms with Gasteiger partial charge in [-0.3, -0.25) is 4.79 Å². The number of carboxylic acid groups (broad SMARTS) is 1. The third-order valence-corrected chi connectivity index (χ3v) is 4.24. The SMILES string of the molecule is CCCC1CCCN(C(=O)NC(C)(C)CCC(=O)O)CC1. The number of urea groups is 1. The highest BCUT2D eigenvalue weighted by Gasteiger charge is 2.26. The lowest BCUT2D eigenvalue weighted by atomic mass is 9.96. The molecule has 1 aliphatic heterocycles. The Bertz CT molecular complexity index is 355. The number of hydrogen-bond acceptors (Lipinski definition) is 2. The summed E-state index contributed by atoms with van der Waals surface area (Å²) in [5.74, 6) is -0.0812. The van der Waals surface area contributed by atoms with Gasteiger partial charge in [-0.05, 0) is 45.4 Å². The van der Waals surface area contributed by atoms with E-state index in [9.17, 15) is 9.59 Å². The number of carboxylic acids is 1. The van der Waals surface area contributed by atoms with Crippen molar-refractivity contribution in [2.24, 2.45) is 5.92 Å². The fourth-order valence-corrected chi connectivity index (χ4v) is 2.92. The minimum Gasteiger partial charge on any atom is -0.481 e. The summed E-state index contributed by atoms with van der Waals surface area (Å²) in [6.45, 7) is 7.59. The molecule has 0 aromatic heterocycles. The predicted octanol–water partition coefficient (Wildman–Crippen LogP) is 3.24. The molecule has 0 aliphatic carbocycles. The number of rotatable bonds is 6. The van der Waals surface area contributed by atoms with E-state index < -0.39 is 11.5 Å². The van der Waals surface area contributed by atoms with Crippen LogP contribution in [0.4, 0.5) is 4.79 Å². The van der Waals surface area contributed by atoms with Crippen LogP contribution in [-0.4, -0.2) is 40.6 Å². The lowest BCUT2D eigenvalue weighted by Crippen LogP contribution is -2.50. The van der Waals surface area contributed by atoms with Crippen molar-refractivity contribution in [2.45, 2.75) is 71.3 Å². The second-order valence-electron chi connectivity index (χ2n) is 6.78. The molecule has 21 heavy (non-hydrogen) atoms. The molecule has 1 fully saturated rings. The first kappa shape index (κ1) is 17.8. The van der Waals surface area contributed by atoms with E-state index in [1.54, 1.807) is 0 Å². The standard InChI is InChI=1S/C16H30N2O3/c1-4-6-13-7-5-11-18(12-9-13)15(21)17-16(2,3)10-8-14(19)20/h13H,4-12H2,1-3H3,(H,17,21)(H,19,20). The van der Waals surface area contributed by atoms with Crippen molar-refractivity contribution in [3.63, 3.8) is 0 Å². The first-order chi connectivity index (χ1) is 9.84. The van der Waals surface area contributed by atoms with E-state index in [2.05, 4.69) is 12.2 Å². The summed E-state index contributed by atoms with van der Waals surface area (Å²) < 4.78 is 0. The van der Waals surface area contributed by atoms with E-state index in [-0.39, 0.29) is 12.5 Å². The van der Waals surface area contributed by atoms with Crippen molar-refractivity contribution in [3.8, 4) is 0 Å². The molecule has 0 aromatic rings. The summed E-state index contributed by atoms with van der Waals surface area (Å²) in [6, 6.07) is -0.0532. The minimum absolute atomic E-state index is 0.0532. The molecule has 2 amide bonds. The summed E-state index contributed by atoms with van der Waals surface area (Å²) in [5.41, 5.74) is -0.482. The smallest absolute Gasteiger partial charge is 0.317 e. The van der Waals surface area contributed by atoms with E-state index >= 15 is 0 Å². The molecule has 0 radical (unpaired) electrons. The summed E-state index contributed by atoms with van der Waals surface area (Å²) in [4.78, 5) is 24.9. The highest BCUT2D eigenvalue weighted by atomic mass is 16.4. The molecule has 1 aliphatic rings. The average Bonchev–Trinajstić information content (AvgIpc) is 2.62. The normalized spacial score (nSPS) is 20.0. The number of nitrogens with zero attached hydrogens (tertiary/aromatic N) is 1. The summed E-state index contributed by atoms with van der Waals surface area (Å²) in [6.07, 6.45) is 6.33. The Kier molecular flexibility index (Phi) is 6.99. The quantitative estimate of drug-likeness (QED) is 0.791. The number of amides is 2. The van der Waals surface area contributed by atoms with Crippen LogP contribution in [-0.2, 0) is 4.79 Å². The molecular weight excluding hydrogens is 268 g/mol. The molecule has 1 heterocycles. The van der Waals surface area contributed by atoms with Crippen molar-refractivity contribution in [1.29, 1.82) is 0 Å². The summed E-state index contributed by atoms with van der Waals surface area (Å²) in [7, 11) is 0. The van der Waals surface area contributed by atoms with Gasteiger partial charge in [0.25, 0.3) is 0 Å². The monoisotopic (exact) mass is 298 g/mol. The fourth-order valence-electron chi connectivity index (χ4n) is 2.92. The second kappa shape index (κ2) is 8.25. The van der Waals surface area contributed by atoms with Gasteiger partial charge in [-0.25, -0.2) is 4.79 Å². The van der Waals surface area contributed by atoms with Gasteiger partial charge in [0.15, 0.2) is 0 Å². The first-order valence-electron chi connectivity index (χ1n) is 8.13. The molecule has 0 spiro atoms. The maximum absolute atomic E-state index is 12.3. The van der Waals surface area contributed by atoms with Gasteiger partial charge < -0.3 is 15.3 Å². The van der Waals surface area contributed by atoms with Gasteiger partial charge in [-0.15, -0.1) is 0 Å². The first-order valence-corrected chi connectivity index (χ1v) is 8.13. The molecule has 1 rings (SSSR count). The molecule has 1 atom stereocenters. The van der Waals surface area contributed by atoms with Gasteiger partial charge in [-0.1, -0.05) is 19.8 Å². The zero-order valence-corrected chi connectivity index (χ0v) is 13.7. The van der Waals surface area contributed by atoms with Crippen LogP contribution in [0.2, 0.25) is 0 Å². The number of nitrogens with one attached hydrogen (secondary N) is 1. The van der Waals surface area contributed by atoms with Crippen molar-refractivity contribution >= 4 is 12.0 Å². The van der Waals surface area contributed by atoms with Gasteiger partial charge in [0.05, 0.1) is 0 Å². The topological polar surface area (TPSA) is 69.6 Å². The largest absolute Gasteiger partial charge is 0.481 e. The Balaban J connectivity index is 2.45. The molecule has 5 nitrogen and oxygen atoms in total. The zero-order chi connectivity index (χ0) is 15.9. The molecule has 122 valence electrons. The molecule has 0 bridgehead atoms. The third-order valence-electron chi connectivity index (χ3n) is 4.24.